The van der Waals surface area contributed by atoms with Crippen molar-refractivity contribution in [3.8, 4) is 0 Å². The fourth-order valence-electron chi connectivity index (χ4n) is 1.78. The van der Waals surface area contributed by atoms with Crippen LogP contribution in [-0.4, -0.2) is 42.9 Å². The first-order valence-electron chi connectivity index (χ1n) is 4.71. The Balaban J connectivity index is 2.37. The summed E-state index contributed by atoms with van der Waals surface area (Å²) >= 11 is 0. The second-order valence-electron chi connectivity index (χ2n) is 3.44. The Morgan fingerprint density at radius 3 is 3.08 bits per heavy atom. The van der Waals surface area contributed by atoms with E-state index in [1.54, 1.807) is 4.90 Å². The average molecular weight is 187 g/mol. The summed E-state index contributed by atoms with van der Waals surface area (Å²) in [6, 6.07) is 0. The Bertz CT molecular complexity index is 170. The van der Waals surface area contributed by atoms with E-state index in [2.05, 4.69) is 4.74 Å². The van der Waals surface area contributed by atoms with Crippen molar-refractivity contribution in [3.63, 3.8) is 0 Å². The van der Waals surface area contributed by atoms with E-state index < -0.39 is 0 Å². The van der Waals surface area contributed by atoms with Gasteiger partial charge in [-0.2, -0.15) is 0 Å². The molecule has 1 fully saturated rings. The first-order chi connectivity index (χ1) is 6.27. The molecule has 0 saturated carbocycles. The largest absolute Gasteiger partial charge is 0.453 e. The van der Waals surface area contributed by atoms with E-state index in [9.17, 15) is 4.79 Å². The lowest BCUT2D eigenvalue weighted by molar-refractivity contribution is 0.0961. The number of rotatable bonds is 2. The van der Waals surface area contributed by atoms with Gasteiger partial charge in [-0.1, -0.05) is 0 Å². The molecule has 0 spiro atoms. The zero-order chi connectivity index (χ0) is 9.68. The molecule has 1 N–H and O–H groups in total. The summed E-state index contributed by atoms with van der Waals surface area (Å²) < 4.78 is 4.64. The molecule has 0 bridgehead atoms. The first-order valence-corrected chi connectivity index (χ1v) is 4.71. The fraction of sp³-hybridized carbons (Fsp3) is 0.889. The normalized spacial score (nSPS) is 22.9. The molecule has 0 aliphatic carbocycles. The maximum absolute atomic E-state index is 11.2. The van der Waals surface area contributed by atoms with Gasteiger partial charge in [0.15, 0.2) is 0 Å². The maximum Gasteiger partial charge on any atom is 0.409 e. The summed E-state index contributed by atoms with van der Waals surface area (Å²) in [5.74, 6) is 0.442. The van der Waals surface area contributed by atoms with Gasteiger partial charge in [-0.15, -0.1) is 0 Å². The lowest BCUT2D eigenvalue weighted by Crippen LogP contribution is -2.40. The lowest BCUT2D eigenvalue weighted by atomic mass is 9.95. The molecule has 0 aromatic carbocycles. The van der Waals surface area contributed by atoms with Crippen LogP contribution in [0.3, 0.4) is 0 Å². The lowest BCUT2D eigenvalue weighted by Gasteiger charge is -2.31. The highest BCUT2D eigenvalue weighted by Gasteiger charge is 2.23. The van der Waals surface area contributed by atoms with Gasteiger partial charge in [-0.25, -0.2) is 4.79 Å². The number of piperidine rings is 1. The SMILES string of the molecule is COC(=O)N1CCCC(CCO)C1. The molecule has 76 valence electrons. The predicted molar refractivity (Wildman–Crippen MR) is 48.4 cm³/mol. The van der Waals surface area contributed by atoms with E-state index in [4.69, 9.17) is 5.11 Å². The van der Waals surface area contributed by atoms with Crippen molar-refractivity contribution in [2.45, 2.75) is 19.3 Å². The monoisotopic (exact) mass is 187 g/mol. The summed E-state index contributed by atoms with van der Waals surface area (Å²) in [5, 5.41) is 8.77. The standard InChI is InChI=1S/C9H17NO3/c1-13-9(12)10-5-2-3-8(7-10)4-6-11/h8,11H,2-7H2,1H3. The van der Waals surface area contributed by atoms with Crippen LogP contribution in [0.4, 0.5) is 4.79 Å². The number of methoxy groups -OCH3 is 1. The van der Waals surface area contributed by atoms with Crippen LogP contribution < -0.4 is 0 Å². The van der Waals surface area contributed by atoms with Crippen molar-refractivity contribution in [1.82, 2.24) is 4.90 Å². The molecule has 4 heteroatoms. The number of likely N-dealkylation sites (tertiary alicyclic amines) is 1. The molecule has 1 unspecified atom stereocenters. The second kappa shape index (κ2) is 5.07. The third kappa shape index (κ3) is 2.88. The van der Waals surface area contributed by atoms with Crippen LogP contribution in [0, 0.1) is 5.92 Å². The van der Waals surface area contributed by atoms with Crippen molar-refractivity contribution in [3.05, 3.63) is 0 Å². The molecule has 0 aromatic rings. The third-order valence-electron chi connectivity index (χ3n) is 2.49. The van der Waals surface area contributed by atoms with Crippen LogP contribution in [0.2, 0.25) is 0 Å². The maximum atomic E-state index is 11.2. The fourth-order valence-corrected chi connectivity index (χ4v) is 1.78. The Labute approximate surface area is 78.5 Å². The van der Waals surface area contributed by atoms with Crippen molar-refractivity contribution < 1.29 is 14.6 Å². The molecule has 0 radical (unpaired) electrons. The number of nitrogens with zero attached hydrogens (tertiary/aromatic N) is 1. The number of carbonyl (C=O) groups is 1. The quantitative estimate of drug-likeness (QED) is 0.697. The molecular weight excluding hydrogens is 170 g/mol. The molecule has 1 aliphatic rings. The van der Waals surface area contributed by atoms with Gasteiger partial charge in [0, 0.05) is 19.7 Å². The highest BCUT2D eigenvalue weighted by molar-refractivity contribution is 5.67. The smallest absolute Gasteiger partial charge is 0.409 e. The van der Waals surface area contributed by atoms with Gasteiger partial charge >= 0.3 is 6.09 Å². The number of aliphatic hydroxyl groups is 1. The molecule has 1 atom stereocenters. The van der Waals surface area contributed by atoms with Crippen molar-refractivity contribution >= 4 is 6.09 Å². The van der Waals surface area contributed by atoms with Crippen LogP contribution in [0.1, 0.15) is 19.3 Å². The highest BCUT2D eigenvalue weighted by atomic mass is 16.5. The van der Waals surface area contributed by atoms with Gasteiger partial charge in [0.2, 0.25) is 0 Å². The Hall–Kier alpha value is -0.770. The van der Waals surface area contributed by atoms with E-state index in [1.807, 2.05) is 0 Å². The summed E-state index contributed by atoms with van der Waals surface area (Å²) in [6.45, 7) is 1.72. The molecule has 1 aliphatic heterocycles. The van der Waals surface area contributed by atoms with Gasteiger partial charge in [-0.05, 0) is 25.2 Å². The summed E-state index contributed by atoms with van der Waals surface area (Å²) in [7, 11) is 1.40. The van der Waals surface area contributed by atoms with E-state index in [0.29, 0.717) is 5.92 Å². The van der Waals surface area contributed by atoms with E-state index in [-0.39, 0.29) is 12.7 Å². The minimum atomic E-state index is -0.248. The topological polar surface area (TPSA) is 49.8 Å². The third-order valence-corrected chi connectivity index (χ3v) is 2.49. The van der Waals surface area contributed by atoms with Gasteiger partial charge in [-0.3, -0.25) is 0 Å². The predicted octanol–water partition coefficient (Wildman–Crippen LogP) is 0.847. The number of carbonyl (C=O) groups excluding carboxylic acids is 1. The Morgan fingerprint density at radius 1 is 1.69 bits per heavy atom. The van der Waals surface area contributed by atoms with Crippen LogP contribution in [-0.2, 0) is 4.74 Å². The van der Waals surface area contributed by atoms with Crippen LogP contribution in [0.5, 0.6) is 0 Å². The van der Waals surface area contributed by atoms with E-state index >= 15 is 0 Å². The molecule has 1 amide bonds. The second-order valence-corrected chi connectivity index (χ2v) is 3.44. The average Bonchev–Trinajstić information content (AvgIpc) is 2.18. The van der Waals surface area contributed by atoms with Crippen LogP contribution >= 0.6 is 0 Å². The van der Waals surface area contributed by atoms with Crippen molar-refractivity contribution in [2.24, 2.45) is 5.92 Å². The minimum absolute atomic E-state index is 0.208. The van der Waals surface area contributed by atoms with E-state index in [1.165, 1.54) is 7.11 Å². The van der Waals surface area contributed by atoms with Gasteiger partial charge in [0.1, 0.15) is 0 Å². The number of hydrogen-bond donors (Lipinski definition) is 1. The Kier molecular flexibility index (Phi) is 4.02. The summed E-state index contributed by atoms with van der Waals surface area (Å²) in [4.78, 5) is 12.9. The zero-order valence-electron chi connectivity index (χ0n) is 8.03. The number of amides is 1. The molecule has 0 aromatic heterocycles. The van der Waals surface area contributed by atoms with Crippen molar-refractivity contribution in [1.29, 1.82) is 0 Å². The molecule has 13 heavy (non-hydrogen) atoms. The molecule has 1 rings (SSSR count). The summed E-state index contributed by atoms with van der Waals surface area (Å²) in [6.07, 6.45) is 2.66. The van der Waals surface area contributed by atoms with Gasteiger partial charge in [0.05, 0.1) is 7.11 Å². The number of aliphatic hydroxyl groups excluding tert-OH is 1. The number of hydrogen-bond acceptors (Lipinski definition) is 3. The zero-order valence-corrected chi connectivity index (χ0v) is 8.03. The molecule has 1 heterocycles. The molecule has 1 saturated heterocycles. The Morgan fingerprint density at radius 2 is 2.46 bits per heavy atom. The van der Waals surface area contributed by atoms with Gasteiger partial charge < -0.3 is 14.7 Å². The van der Waals surface area contributed by atoms with Crippen LogP contribution in [0.25, 0.3) is 0 Å². The van der Waals surface area contributed by atoms with Gasteiger partial charge in [0.25, 0.3) is 0 Å². The first kappa shape index (κ1) is 10.3. The minimum Gasteiger partial charge on any atom is -0.453 e. The molecule has 4 nitrogen and oxygen atoms in total. The van der Waals surface area contributed by atoms with Crippen LogP contribution in [0.15, 0.2) is 0 Å². The highest BCUT2D eigenvalue weighted by Crippen LogP contribution is 2.19. The number of ether oxygens (including phenoxy) is 1. The summed E-state index contributed by atoms with van der Waals surface area (Å²) in [5.41, 5.74) is 0. The van der Waals surface area contributed by atoms with Crippen molar-refractivity contribution in [2.75, 3.05) is 26.8 Å². The molecular formula is C9H17NO3. The van der Waals surface area contributed by atoms with E-state index in [0.717, 1.165) is 32.4 Å².